The van der Waals surface area contributed by atoms with E-state index in [2.05, 4.69) is 0 Å². The van der Waals surface area contributed by atoms with Crippen LogP contribution >= 0.6 is 22.6 Å². The van der Waals surface area contributed by atoms with Gasteiger partial charge in [0.2, 0.25) is 0 Å². The van der Waals surface area contributed by atoms with E-state index in [0.29, 0.717) is 6.42 Å². The van der Waals surface area contributed by atoms with Gasteiger partial charge in [0.1, 0.15) is 9.86 Å². The van der Waals surface area contributed by atoms with Gasteiger partial charge in [-0.3, -0.25) is 4.79 Å². The molecule has 1 aromatic carbocycles. The van der Waals surface area contributed by atoms with E-state index in [9.17, 15) is 4.79 Å². The van der Waals surface area contributed by atoms with Crippen molar-refractivity contribution in [1.29, 1.82) is 0 Å². The first-order valence-electron chi connectivity index (χ1n) is 4.58. The third kappa shape index (κ3) is 4.51. The first-order chi connectivity index (χ1) is 7.11. The fraction of sp³-hybridized carbons (Fsp3) is 0.364. The van der Waals surface area contributed by atoms with Gasteiger partial charge in [0.05, 0.1) is 13.5 Å². The molecule has 0 radical (unpaired) electrons. The molecule has 1 aromatic rings. The van der Waals surface area contributed by atoms with Gasteiger partial charge >= 0.3 is 5.97 Å². The smallest absolute Gasteiger partial charge is 0.311 e. The number of benzene rings is 1. The molecular weight excluding hydrogens is 307 g/mol. The molecule has 15 heavy (non-hydrogen) atoms. The van der Waals surface area contributed by atoms with Gasteiger partial charge in [-0.15, -0.1) is 0 Å². The number of alkyl halides is 1. The molecule has 0 saturated heterocycles. The Bertz CT molecular complexity index is 319. The average molecular weight is 320 g/mol. The highest BCUT2D eigenvalue weighted by Gasteiger charge is 2.07. The molecule has 0 fully saturated rings. The third-order valence-corrected chi connectivity index (χ3v) is 2.06. The Morgan fingerprint density at radius 2 is 2.00 bits per heavy atom. The van der Waals surface area contributed by atoms with Gasteiger partial charge in [0, 0.05) is 0 Å². The Labute approximate surface area is 103 Å². The number of hydrogen-bond acceptors (Lipinski definition) is 3. The maximum Gasteiger partial charge on any atom is 0.311 e. The highest BCUT2D eigenvalue weighted by Crippen LogP contribution is 2.12. The lowest BCUT2D eigenvalue weighted by Crippen LogP contribution is -2.11. The van der Waals surface area contributed by atoms with Crippen molar-refractivity contribution < 1.29 is 14.3 Å². The van der Waals surface area contributed by atoms with Crippen LogP contribution in [0.3, 0.4) is 0 Å². The molecule has 0 amide bonds. The van der Waals surface area contributed by atoms with Crippen molar-refractivity contribution >= 4 is 28.6 Å². The normalized spacial score (nSPS) is 11.9. The minimum absolute atomic E-state index is 0.0895. The van der Waals surface area contributed by atoms with Gasteiger partial charge in [-0.2, -0.15) is 0 Å². The first kappa shape index (κ1) is 12.3. The molecule has 0 aliphatic heterocycles. The predicted molar refractivity (Wildman–Crippen MR) is 66.3 cm³/mol. The van der Waals surface area contributed by atoms with Gasteiger partial charge in [-0.05, 0) is 47.2 Å². The summed E-state index contributed by atoms with van der Waals surface area (Å²) in [6.07, 6.45) is 0.303. The summed E-state index contributed by atoms with van der Waals surface area (Å²) in [6.45, 7) is 1.83. The SMILES string of the molecule is COc1ccc(CC(=O)OC(C)I)cc1. The van der Waals surface area contributed by atoms with Crippen LogP contribution < -0.4 is 4.74 Å². The van der Waals surface area contributed by atoms with Crippen LogP contribution in [0.15, 0.2) is 24.3 Å². The molecule has 3 nitrogen and oxygen atoms in total. The summed E-state index contributed by atoms with van der Waals surface area (Å²) in [7, 11) is 1.61. The van der Waals surface area contributed by atoms with E-state index in [4.69, 9.17) is 9.47 Å². The largest absolute Gasteiger partial charge is 0.497 e. The number of rotatable bonds is 4. The molecule has 0 aromatic heterocycles. The van der Waals surface area contributed by atoms with Crippen LogP contribution in [-0.2, 0) is 16.0 Å². The molecule has 1 atom stereocenters. The van der Waals surface area contributed by atoms with E-state index in [0.717, 1.165) is 11.3 Å². The molecule has 0 heterocycles. The minimum Gasteiger partial charge on any atom is -0.497 e. The van der Waals surface area contributed by atoms with Crippen molar-refractivity contribution in [3.05, 3.63) is 29.8 Å². The van der Waals surface area contributed by atoms with Crippen molar-refractivity contribution in [2.24, 2.45) is 0 Å². The fourth-order valence-corrected chi connectivity index (χ4v) is 1.42. The molecule has 4 heteroatoms. The summed E-state index contributed by atoms with van der Waals surface area (Å²) in [5.41, 5.74) is 0.929. The summed E-state index contributed by atoms with van der Waals surface area (Å²) in [4.78, 5) is 11.3. The van der Waals surface area contributed by atoms with E-state index >= 15 is 0 Å². The zero-order chi connectivity index (χ0) is 11.3. The van der Waals surface area contributed by atoms with E-state index < -0.39 is 0 Å². The van der Waals surface area contributed by atoms with Crippen LogP contribution in [0, 0.1) is 0 Å². The number of ether oxygens (including phenoxy) is 2. The Morgan fingerprint density at radius 1 is 1.40 bits per heavy atom. The second-order valence-corrected chi connectivity index (χ2v) is 4.81. The van der Waals surface area contributed by atoms with Crippen LogP contribution in [0.2, 0.25) is 0 Å². The lowest BCUT2D eigenvalue weighted by Gasteiger charge is -2.06. The van der Waals surface area contributed by atoms with E-state index in [1.54, 1.807) is 7.11 Å². The molecule has 0 spiro atoms. The van der Waals surface area contributed by atoms with Crippen molar-refractivity contribution in [3.63, 3.8) is 0 Å². The number of esters is 1. The average Bonchev–Trinajstić information content (AvgIpc) is 2.17. The van der Waals surface area contributed by atoms with Crippen LogP contribution in [0.1, 0.15) is 12.5 Å². The predicted octanol–water partition coefficient (Wildman–Crippen LogP) is 2.56. The van der Waals surface area contributed by atoms with Crippen LogP contribution in [-0.4, -0.2) is 17.2 Å². The van der Waals surface area contributed by atoms with Crippen molar-refractivity contribution in [3.8, 4) is 5.75 Å². The Kier molecular flexibility index (Phi) is 4.87. The van der Waals surface area contributed by atoms with Crippen LogP contribution in [0.4, 0.5) is 0 Å². The minimum atomic E-state index is -0.206. The quantitative estimate of drug-likeness (QED) is 0.486. The topological polar surface area (TPSA) is 35.5 Å². The van der Waals surface area contributed by atoms with E-state index in [1.807, 2.05) is 53.8 Å². The zero-order valence-corrected chi connectivity index (χ0v) is 10.9. The van der Waals surface area contributed by atoms with Crippen molar-refractivity contribution in [2.45, 2.75) is 17.5 Å². The molecule has 0 aliphatic carbocycles. The third-order valence-electron chi connectivity index (χ3n) is 1.80. The maximum absolute atomic E-state index is 11.3. The summed E-state index contributed by atoms with van der Waals surface area (Å²) in [6, 6.07) is 7.38. The molecule has 0 bridgehead atoms. The van der Waals surface area contributed by atoms with Gasteiger partial charge in [0.15, 0.2) is 0 Å². The van der Waals surface area contributed by atoms with Crippen molar-refractivity contribution in [1.82, 2.24) is 0 Å². The monoisotopic (exact) mass is 320 g/mol. The van der Waals surface area contributed by atoms with Crippen LogP contribution in [0.25, 0.3) is 0 Å². The van der Waals surface area contributed by atoms with Gasteiger partial charge in [-0.1, -0.05) is 12.1 Å². The summed E-state index contributed by atoms with van der Waals surface area (Å²) in [5, 5.41) is 0. The second kappa shape index (κ2) is 5.95. The molecule has 0 aliphatic rings. The highest BCUT2D eigenvalue weighted by molar-refractivity contribution is 14.1. The number of methoxy groups -OCH3 is 1. The van der Waals surface area contributed by atoms with E-state index in [-0.39, 0.29) is 10.1 Å². The Morgan fingerprint density at radius 3 is 2.47 bits per heavy atom. The molecule has 0 N–H and O–H groups in total. The Balaban J connectivity index is 2.53. The van der Waals surface area contributed by atoms with E-state index in [1.165, 1.54) is 0 Å². The Hall–Kier alpha value is -0.780. The summed E-state index contributed by atoms with van der Waals surface area (Å²) in [5.74, 6) is 0.580. The molecule has 82 valence electrons. The first-order valence-corrected chi connectivity index (χ1v) is 5.83. The number of halogens is 1. The van der Waals surface area contributed by atoms with Gasteiger partial charge in [-0.25, -0.2) is 0 Å². The summed E-state index contributed by atoms with van der Waals surface area (Å²) < 4.78 is 9.96. The zero-order valence-electron chi connectivity index (χ0n) is 8.70. The molecule has 1 unspecified atom stereocenters. The lowest BCUT2D eigenvalue weighted by atomic mass is 10.1. The fourth-order valence-electron chi connectivity index (χ4n) is 1.13. The highest BCUT2D eigenvalue weighted by atomic mass is 127. The van der Waals surface area contributed by atoms with Gasteiger partial charge in [0.25, 0.3) is 0 Å². The molecular formula is C11H13IO3. The second-order valence-electron chi connectivity index (χ2n) is 3.06. The number of hydrogen-bond donors (Lipinski definition) is 0. The van der Waals surface area contributed by atoms with Crippen molar-refractivity contribution in [2.75, 3.05) is 7.11 Å². The number of carbonyl (C=O) groups is 1. The number of carbonyl (C=O) groups excluding carboxylic acids is 1. The molecule has 1 rings (SSSR count). The molecule has 0 saturated carbocycles. The standard InChI is InChI=1S/C11H13IO3/c1-8(12)15-11(13)7-9-3-5-10(14-2)6-4-9/h3-6,8H,7H2,1-2H3. The lowest BCUT2D eigenvalue weighted by molar-refractivity contribution is -0.143. The van der Waals surface area contributed by atoms with Crippen LogP contribution in [0.5, 0.6) is 5.75 Å². The maximum atomic E-state index is 11.3. The summed E-state index contributed by atoms with van der Waals surface area (Å²) >= 11 is 2.05. The van der Waals surface area contributed by atoms with Gasteiger partial charge < -0.3 is 9.47 Å².